The van der Waals surface area contributed by atoms with Gasteiger partial charge < -0.3 is 5.32 Å². The summed E-state index contributed by atoms with van der Waals surface area (Å²) >= 11 is 5.85. The van der Waals surface area contributed by atoms with Crippen molar-refractivity contribution in [1.82, 2.24) is 0 Å². The van der Waals surface area contributed by atoms with Crippen molar-refractivity contribution in [1.29, 1.82) is 0 Å². The Morgan fingerprint density at radius 3 is 2.06 bits per heavy atom. The van der Waals surface area contributed by atoms with Crippen molar-refractivity contribution in [2.45, 2.75) is 31.1 Å². The van der Waals surface area contributed by atoms with E-state index in [0.717, 1.165) is 11.3 Å². The van der Waals surface area contributed by atoms with E-state index in [2.05, 4.69) is 19.2 Å². The largest absolute Gasteiger partial charge is 0.326 e. The zero-order valence-corrected chi connectivity index (χ0v) is 19.2. The van der Waals surface area contributed by atoms with Gasteiger partial charge >= 0.3 is 0 Å². The molecule has 0 aromatic heterocycles. The van der Waals surface area contributed by atoms with Gasteiger partial charge in [0.1, 0.15) is 0 Å². The lowest BCUT2D eigenvalue weighted by Crippen LogP contribution is -2.26. The fraction of sp³-hybridized carbons (Fsp3) is 0.208. The van der Waals surface area contributed by atoms with Gasteiger partial charge in [-0.3, -0.25) is 9.10 Å². The molecule has 3 aromatic carbocycles. The maximum atomic E-state index is 12.8. The third kappa shape index (κ3) is 5.66. The van der Waals surface area contributed by atoms with Gasteiger partial charge in [0.2, 0.25) is 5.91 Å². The normalized spacial score (nSPS) is 11.4. The summed E-state index contributed by atoms with van der Waals surface area (Å²) in [6.45, 7) is 4.24. The van der Waals surface area contributed by atoms with Gasteiger partial charge in [-0.05, 0) is 65.6 Å². The Balaban J connectivity index is 1.65. The topological polar surface area (TPSA) is 66.5 Å². The highest BCUT2D eigenvalue weighted by atomic mass is 35.5. The van der Waals surface area contributed by atoms with Crippen molar-refractivity contribution in [2.24, 2.45) is 0 Å². The summed E-state index contributed by atoms with van der Waals surface area (Å²) in [5.74, 6) is 0.303. The molecule has 0 saturated heterocycles. The molecule has 1 amide bonds. The summed E-state index contributed by atoms with van der Waals surface area (Å²) < 4.78 is 26.8. The van der Waals surface area contributed by atoms with Gasteiger partial charge in [0.25, 0.3) is 10.0 Å². The molecule has 0 heterocycles. The number of rotatable bonds is 7. The molecule has 3 rings (SSSR count). The quantitative estimate of drug-likeness (QED) is 0.512. The number of amides is 1. The van der Waals surface area contributed by atoms with Crippen molar-refractivity contribution < 1.29 is 13.2 Å². The van der Waals surface area contributed by atoms with Crippen LogP contribution >= 0.6 is 11.6 Å². The highest BCUT2D eigenvalue weighted by molar-refractivity contribution is 7.92. The number of anilines is 2. The van der Waals surface area contributed by atoms with E-state index >= 15 is 0 Å². The van der Waals surface area contributed by atoms with Gasteiger partial charge in [-0.2, -0.15) is 0 Å². The summed E-state index contributed by atoms with van der Waals surface area (Å²) in [7, 11) is -2.21. The van der Waals surface area contributed by atoms with Crippen LogP contribution in [0.25, 0.3) is 0 Å². The predicted octanol–water partition coefficient (Wildman–Crippen LogP) is 5.47. The van der Waals surface area contributed by atoms with Crippen LogP contribution in [0.4, 0.5) is 11.4 Å². The molecule has 7 heteroatoms. The van der Waals surface area contributed by atoms with Crippen LogP contribution in [0, 0.1) is 0 Å². The van der Waals surface area contributed by atoms with E-state index in [1.807, 2.05) is 24.3 Å². The first-order valence-electron chi connectivity index (χ1n) is 9.90. The summed E-state index contributed by atoms with van der Waals surface area (Å²) in [4.78, 5) is 12.5. The van der Waals surface area contributed by atoms with Crippen molar-refractivity contribution in [3.63, 3.8) is 0 Å². The first kappa shape index (κ1) is 22.8. The second-order valence-electron chi connectivity index (χ2n) is 7.59. The molecule has 0 aliphatic heterocycles. The second kappa shape index (κ2) is 9.54. The van der Waals surface area contributed by atoms with Gasteiger partial charge in [0.15, 0.2) is 0 Å². The lowest BCUT2D eigenvalue weighted by Gasteiger charge is -2.20. The Labute approximate surface area is 188 Å². The average Bonchev–Trinajstić information content (AvgIpc) is 2.74. The number of sulfonamides is 1. The summed E-state index contributed by atoms with van der Waals surface area (Å²) in [5.41, 5.74) is 3.26. The number of carbonyl (C=O) groups excluding carboxylic acids is 1. The van der Waals surface area contributed by atoms with E-state index in [4.69, 9.17) is 11.6 Å². The number of hydrogen-bond acceptors (Lipinski definition) is 3. The summed E-state index contributed by atoms with van der Waals surface area (Å²) in [6, 6.07) is 20.7. The van der Waals surface area contributed by atoms with Crippen LogP contribution in [0.1, 0.15) is 30.9 Å². The maximum Gasteiger partial charge on any atom is 0.264 e. The lowest BCUT2D eigenvalue weighted by molar-refractivity contribution is -0.115. The molecule has 0 aliphatic carbocycles. The Bertz CT molecular complexity index is 1140. The molecule has 3 aromatic rings. The molecule has 0 unspecified atom stereocenters. The minimum absolute atomic E-state index is 0.132. The van der Waals surface area contributed by atoms with Crippen LogP contribution < -0.4 is 9.62 Å². The molecule has 31 heavy (non-hydrogen) atoms. The van der Waals surface area contributed by atoms with Gasteiger partial charge in [-0.15, -0.1) is 0 Å². The molecule has 0 atom stereocenters. The van der Waals surface area contributed by atoms with E-state index in [9.17, 15) is 13.2 Å². The Kier molecular flexibility index (Phi) is 7.03. The van der Waals surface area contributed by atoms with Crippen molar-refractivity contribution in [3.05, 3.63) is 88.9 Å². The first-order valence-corrected chi connectivity index (χ1v) is 11.7. The van der Waals surface area contributed by atoms with Gasteiger partial charge in [-0.1, -0.05) is 49.7 Å². The smallest absolute Gasteiger partial charge is 0.264 e. The zero-order valence-electron chi connectivity index (χ0n) is 17.7. The number of halogens is 1. The van der Waals surface area contributed by atoms with Crippen molar-refractivity contribution in [3.8, 4) is 0 Å². The molecule has 0 aliphatic rings. The van der Waals surface area contributed by atoms with Crippen molar-refractivity contribution in [2.75, 3.05) is 16.7 Å². The molecule has 1 N–H and O–H groups in total. The SMILES string of the molecule is CC(C)c1ccc(NC(=O)Cc2ccc(N(C)S(=O)(=O)c3ccc(Cl)cc3)cc2)cc1. The number of carbonyl (C=O) groups is 1. The standard InChI is InChI=1S/C24H25ClN2O3S/c1-17(2)19-6-10-21(11-7-19)26-24(28)16-18-4-12-22(13-5-18)27(3)31(29,30)23-14-8-20(25)9-15-23/h4-15,17H,16H2,1-3H3,(H,26,28). The average molecular weight is 457 g/mol. The molecule has 5 nitrogen and oxygen atoms in total. The van der Waals surface area contributed by atoms with Crippen LogP contribution in [-0.2, 0) is 21.2 Å². The number of nitrogens with one attached hydrogen (secondary N) is 1. The molecule has 0 saturated carbocycles. The minimum Gasteiger partial charge on any atom is -0.326 e. The number of hydrogen-bond donors (Lipinski definition) is 1. The van der Waals surface area contributed by atoms with Crippen molar-refractivity contribution >= 4 is 38.9 Å². The Hall–Kier alpha value is -2.83. The Morgan fingerprint density at radius 1 is 0.935 bits per heavy atom. The third-order valence-electron chi connectivity index (χ3n) is 5.00. The highest BCUT2D eigenvalue weighted by Crippen LogP contribution is 2.24. The lowest BCUT2D eigenvalue weighted by atomic mass is 10.0. The van der Waals surface area contributed by atoms with Crippen LogP contribution in [0.3, 0.4) is 0 Å². The predicted molar refractivity (Wildman–Crippen MR) is 126 cm³/mol. The second-order valence-corrected chi connectivity index (χ2v) is 10.0. The Morgan fingerprint density at radius 2 is 1.52 bits per heavy atom. The van der Waals surface area contributed by atoms with Crippen LogP contribution in [0.5, 0.6) is 0 Å². The monoisotopic (exact) mass is 456 g/mol. The molecule has 0 radical (unpaired) electrons. The van der Waals surface area contributed by atoms with E-state index < -0.39 is 10.0 Å². The minimum atomic E-state index is -3.70. The molecule has 0 bridgehead atoms. The number of nitrogens with zero attached hydrogens (tertiary/aromatic N) is 1. The van der Waals surface area contributed by atoms with E-state index in [1.165, 1.54) is 29.0 Å². The molecular weight excluding hydrogens is 432 g/mol. The van der Waals surface area contributed by atoms with E-state index in [1.54, 1.807) is 36.4 Å². The molecule has 162 valence electrons. The zero-order chi connectivity index (χ0) is 22.6. The van der Waals surface area contributed by atoms with Gasteiger partial charge in [-0.25, -0.2) is 8.42 Å². The first-order chi connectivity index (χ1) is 14.7. The van der Waals surface area contributed by atoms with Gasteiger partial charge in [0.05, 0.1) is 17.0 Å². The van der Waals surface area contributed by atoms with E-state index in [-0.39, 0.29) is 17.2 Å². The number of benzene rings is 3. The summed E-state index contributed by atoms with van der Waals surface area (Å²) in [6.07, 6.45) is 0.194. The van der Waals surface area contributed by atoms with Crippen LogP contribution in [0.15, 0.2) is 77.7 Å². The molecular formula is C24H25ClN2O3S. The molecule has 0 fully saturated rings. The third-order valence-corrected chi connectivity index (χ3v) is 7.05. The summed E-state index contributed by atoms with van der Waals surface area (Å²) in [5, 5.41) is 3.36. The van der Waals surface area contributed by atoms with E-state index in [0.29, 0.717) is 16.6 Å². The van der Waals surface area contributed by atoms with Gasteiger partial charge in [0, 0.05) is 17.8 Å². The molecule has 0 spiro atoms. The van der Waals surface area contributed by atoms with Crippen LogP contribution in [0.2, 0.25) is 5.02 Å². The fourth-order valence-corrected chi connectivity index (χ4v) is 4.39. The van der Waals surface area contributed by atoms with Crippen LogP contribution in [-0.4, -0.2) is 21.4 Å². The highest BCUT2D eigenvalue weighted by Gasteiger charge is 2.21. The maximum absolute atomic E-state index is 12.8. The fourth-order valence-electron chi connectivity index (χ4n) is 3.07.